The first-order chi connectivity index (χ1) is 15.3. The van der Waals surface area contributed by atoms with E-state index in [0.29, 0.717) is 16.6 Å². The molecular formula is C20H11F2I3NO6S-. The van der Waals surface area contributed by atoms with Gasteiger partial charge in [0.1, 0.15) is 0 Å². The maximum Gasteiger partial charge on any atom is 0.367 e. The smallest absolute Gasteiger partial charge is 0.367 e. The summed E-state index contributed by atoms with van der Waals surface area (Å²) in [5.74, 6) is -1.62. The standard InChI is InChI=1S/C20H12F2I3NO6S/c21-20(22,33(29,30)31)9-32-19(28)13-5-6-16(12-4-2-1-3-11(12)13)26-18(27)14-7-10(23)8-15(24)17(14)25/h1-8H,9H2,(H,26,27)(H,29,30,31)/p-1. The van der Waals surface area contributed by atoms with Gasteiger partial charge in [0.2, 0.25) is 0 Å². The molecule has 0 aliphatic carbocycles. The molecule has 0 spiro atoms. The molecule has 7 nitrogen and oxygen atoms in total. The van der Waals surface area contributed by atoms with Gasteiger partial charge in [-0.1, -0.05) is 24.3 Å². The minimum Gasteiger partial charge on any atom is -0.743 e. The molecule has 0 saturated heterocycles. The average molecular weight is 812 g/mol. The van der Waals surface area contributed by atoms with Crippen molar-refractivity contribution in [2.24, 2.45) is 0 Å². The number of nitrogens with one attached hydrogen (secondary N) is 1. The zero-order chi connectivity index (χ0) is 24.6. The Hall–Kier alpha value is -1.18. The molecule has 0 unspecified atom stereocenters. The Morgan fingerprint density at radius 2 is 1.64 bits per heavy atom. The summed E-state index contributed by atoms with van der Waals surface area (Å²) in [5.41, 5.74) is 0.686. The first-order valence-corrected chi connectivity index (χ1v) is 13.4. The lowest BCUT2D eigenvalue weighted by Gasteiger charge is -2.19. The lowest BCUT2D eigenvalue weighted by molar-refractivity contribution is -0.00983. The molecule has 0 saturated carbocycles. The second-order valence-corrected chi connectivity index (χ2v) is 11.6. The van der Waals surface area contributed by atoms with Gasteiger partial charge in [-0.25, -0.2) is 13.2 Å². The summed E-state index contributed by atoms with van der Waals surface area (Å²) >= 11 is 6.31. The van der Waals surface area contributed by atoms with E-state index < -0.39 is 27.9 Å². The van der Waals surface area contributed by atoms with Gasteiger partial charge < -0.3 is 14.6 Å². The number of hydrogen-bond acceptors (Lipinski definition) is 6. The normalized spacial score (nSPS) is 11.9. The number of esters is 1. The van der Waals surface area contributed by atoms with E-state index in [9.17, 15) is 31.3 Å². The fourth-order valence-electron chi connectivity index (χ4n) is 2.80. The molecule has 13 heteroatoms. The first-order valence-electron chi connectivity index (χ1n) is 8.80. The molecule has 0 aromatic heterocycles. The summed E-state index contributed by atoms with van der Waals surface area (Å²) in [6.07, 6.45) is 0. The Kier molecular flexibility index (Phi) is 8.17. The molecule has 1 N–H and O–H groups in total. The van der Waals surface area contributed by atoms with E-state index in [2.05, 4.69) is 77.8 Å². The highest BCUT2D eigenvalue weighted by Gasteiger charge is 2.39. The van der Waals surface area contributed by atoms with Gasteiger partial charge in [0.25, 0.3) is 5.91 Å². The number of ether oxygens (including phenoxy) is 1. The number of halogens is 5. The molecule has 1 amide bonds. The monoisotopic (exact) mass is 812 g/mol. The molecule has 0 fully saturated rings. The van der Waals surface area contributed by atoms with Crippen molar-refractivity contribution in [3.63, 3.8) is 0 Å². The van der Waals surface area contributed by atoms with Crippen molar-refractivity contribution in [3.05, 3.63) is 70.4 Å². The van der Waals surface area contributed by atoms with Gasteiger partial charge in [-0.3, -0.25) is 4.79 Å². The largest absolute Gasteiger partial charge is 0.743 e. The van der Waals surface area contributed by atoms with E-state index in [1.165, 1.54) is 18.2 Å². The Labute approximate surface area is 227 Å². The third kappa shape index (κ3) is 5.91. The van der Waals surface area contributed by atoms with Crippen LogP contribution in [0.4, 0.5) is 14.5 Å². The predicted molar refractivity (Wildman–Crippen MR) is 141 cm³/mol. The quantitative estimate of drug-likeness (QED) is 0.159. The summed E-state index contributed by atoms with van der Waals surface area (Å²) in [6, 6.07) is 12.7. The van der Waals surface area contributed by atoms with E-state index >= 15 is 0 Å². The van der Waals surface area contributed by atoms with Crippen molar-refractivity contribution < 1.29 is 36.1 Å². The minimum absolute atomic E-state index is 0.138. The van der Waals surface area contributed by atoms with Crippen molar-refractivity contribution in [2.45, 2.75) is 5.25 Å². The van der Waals surface area contributed by atoms with Crippen LogP contribution in [0.5, 0.6) is 0 Å². The van der Waals surface area contributed by atoms with Crippen LogP contribution in [0.3, 0.4) is 0 Å². The SMILES string of the molecule is O=C(Nc1ccc(C(=O)OCC(F)(F)S(=O)(=O)[O-])c2ccccc12)c1cc(I)cc(I)c1I. The fourth-order valence-corrected chi connectivity index (χ4v) is 5.40. The van der Waals surface area contributed by atoms with Crippen LogP contribution in [0.2, 0.25) is 0 Å². The lowest BCUT2D eigenvalue weighted by atomic mass is 10.0. The maximum atomic E-state index is 13.4. The number of amides is 1. The molecule has 0 heterocycles. The molecule has 3 rings (SSSR count). The second-order valence-electron chi connectivity index (χ2n) is 6.58. The second kappa shape index (κ2) is 10.2. The maximum absolute atomic E-state index is 13.4. The molecule has 0 radical (unpaired) electrons. The summed E-state index contributed by atoms with van der Waals surface area (Å²) < 4.78 is 65.5. The predicted octanol–water partition coefficient (Wildman–Crippen LogP) is 5.20. The molecule has 174 valence electrons. The highest BCUT2D eigenvalue weighted by Crippen LogP contribution is 2.30. The third-order valence-electron chi connectivity index (χ3n) is 4.37. The number of alkyl halides is 2. The highest BCUT2D eigenvalue weighted by atomic mass is 127. The van der Waals surface area contributed by atoms with E-state index in [4.69, 9.17) is 0 Å². The van der Waals surface area contributed by atoms with Gasteiger partial charge in [-0.05, 0) is 97.4 Å². The number of hydrogen-bond donors (Lipinski definition) is 1. The Morgan fingerprint density at radius 3 is 2.27 bits per heavy atom. The molecule has 33 heavy (non-hydrogen) atoms. The zero-order valence-corrected chi connectivity index (χ0v) is 23.4. The average Bonchev–Trinajstić information content (AvgIpc) is 2.74. The van der Waals surface area contributed by atoms with E-state index in [-0.39, 0.29) is 16.9 Å². The Balaban J connectivity index is 1.93. The number of benzene rings is 3. The van der Waals surface area contributed by atoms with Gasteiger partial charge in [-0.2, -0.15) is 8.78 Å². The molecule has 0 aliphatic heterocycles. The van der Waals surface area contributed by atoms with Crippen LogP contribution in [-0.4, -0.2) is 36.7 Å². The number of carbonyl (C=O) groups excluding carboxylic acids is 2. The van der Waals surface area contributed by atoms with Crippen LogP contribution < -0.4 is 5.32 Å². The molecule has 0 aliphatic rings. The van der Waals surface area contributed by atoms with Gasteiger partial charge in [0.15, 0.2) is 16.7 Å². The van der Waals surface area contributed by atoms with Crippen molar-refractivity contribution >= 4 is 106 Å². The fraction of sp³-hybridized carbons (Fsp3) is 0.100. The molecule has 3 aromatic carbocycles. The van der Waals surface area contributed by atoms with Gasteiger partial charge in [0.05, 0.1) is 11.1 Å². The van der Waals surface area contributed by atoms with Crippen LogP contribution in [0, 0.1) is 10.7 Å². The molecule has 0 bridgehead atoms. The van der Waals surface area contributed by atoms with Crippen LogP contribution >= 0.6 is 67.8 Å². The zero-order valence-electron chi connectivity index (χ0n) is 16.1. The van der Waals surface area contributed by atoms with Crippen LogP contribution in [0.1, 0.15) is 20.7 Å². The van der Waals surface area contributed by atoms with E-state index in [1.54, 1.807) is 24.3 Å². The van der Waals surface area contributed by atoms with Gasteiger partial charge >= 0.3 is 11.2 Å². The molecule has 3 aromatic rings. The Morgan fingerprint density at radius 1 is 1.00 bits per heavy atom. The molecule has 0 atom stereocenters. The topological polar surface area (TPSA) is 113 Å². The van der Waals surface area contributed by atoms with Crippen LogP contribution in [0.25, 0.3) is 10.8 Å². The lowest BCUT2D eigenvalue weighted by Crippen LogP contribution is -2.34. The molecular weight excluding hydrogens is 801 g/mol. The number of anilines is 1. The summed E-state index contributed by atoms with van der Waals surface area (Å²) in [7, 11) is -5.99. The summed E-state index contributed by atoms with van der Waals surface area (Å²) in [6.45, 7) is -1.91. The van der Waals surface area contributed by atoms with Crippen LogP contribution in [0.15, 0.2) is 48.5 Å². The number of carbonyl (C=O) groups is 2. The first kappa shape index (κ1) is 26.4. The van der Waals surface area contributed by atoms with E-state index in [0.717, 1.165) is 10.7 Å². The van der Waals surface area contributed by atoms with E-state index in [1.807, 2.05) is 6.07 Å². The summed E-state index contributed by atoms with van der Waals surface area (Å²) in [5, 5.41) is -1.25. The van der Waals surface area contributed by atoms with Crippen LogP contribution in [-0.2, 0) is 14.9 Å². The summed E-state index contributed by atoms with van der Waals surface area (Å²) in [4.78, 5) is 25.3. The van der Waals surface area contributed by atoms with Crippen molar-refractivity contribution in [1.82, 2.24) is 0 Å². The number of fused-ring (bicyclic) bond motifs is 1. The Bertz CT molecular complexity index is 1380. The highest BCUT2D eigenvalue weighted by molar-refractivity contribution is 14.1. The number of rotatable bonds is 6. The van der Waals surface area contributed by atoms with Gasteiger partial charge in [0, 0.05) is 21.8 Å². The van der Waals surface area contributed by atoms with Crippen molar-refractivity contribution in [2.75, 3.05) is 11.9 Å². The van der Waals surface area contributed by atoms with Gasteiger partial charge in [-0.15, -0.1) is 0 Å². The third-order valence-corrected chi connectivity index (χ3v) is 8.88. The minimum atomic E-state index is -5.99. The van der Waals surface area contributed by atoms with Crippen molar-refractivity contribution in [1.29, 1.82) is 0 Å². The van der Waals surface area contributed by atoms with Crippen molar-refractivity contribution in [3.8, 4) is 0 Å².